The van der Waals surface area contributed by atoms with Gasteiger partial charge in [0.2, 0.25) is 5.91 Å². The molecule has 1 saturated heterocycles. The summed E-state index contributed by atoms with van der Waals surface area (Å²) in [6.07, 6.45) is 0.971. The van der Waals surface area contributed by atoms with E-state index in [0.717, 1.165) is 0 Å². The van der Waals surface area contributed by atoms with Gasteiger partial charge in [-0.3, -0.25) is 9.59 Å². The molecule has 0 radical (unpaired) electrons. The van der Waals surface area contributed by atoms with Crippen LogP contribution in [-0.4, -0.2) is 54.1 Å². The molecule has 0 saturated carbocycles. The van der Waals surface area contributed by atoms with Crippen molar-refractivity contribution in [3.05, 3.63) is 0 Å². The molecule has 5 heteroatoms. The number of Topliss-reactive ketones (excluding diaryl/α,β-unsaturated/α-hetero) is 1. The van der Waals surface area contributed by atoms with E-state index >= 15 is 0 Å². The Labute approximate surface area is 95.4 Å². The number of ether oxygens (including phenoxy) is 1. The van der Waals surface area contributed by atoms with Crippen LogP contribution in [0.25, 0.3) is 0 Å². The van der Waals surface area contributed by atoms with Crippen molar-refractivity contribution in [3.63, 3.8) is 0 Å². The summed E-state index contributed by atoms with van der Waals surface area (Å²) in [5, 5.41) is 10.2. The van der Waals surface area contributed by atoms with Crippen molar-refractivity contribution in [1.82, 2.24) is 4.90 Å². The Morgan fingerprint density at radius 1 is 1.38 bits per heavy atom. The number of amides is 1. The van der Waals surface area contributed by atoms with Crippen LogP contribution in [0.2, 0.25) is 0 Å². The molecule has 1 aliphatic heterocycles. The number of rotatable bonds is 4. The van der Waals surface area contributed by atoms with E-state index in [2.05, 4.69) is 0 Å². The van der Waals surface area contributed by atoms with Crippen molar-refractivity contribution in [2.24, 2.45) is 0 Å². The molecule has 92 valence electrons. The number of ketones is 1. The summed E-state index contributed by atoms with van der Waals surface area (Å²) in [6, 6.07) is 0. The van der Waals surface area contributed by atoms with Gasteiger partial charge in [-0.15, -0.1) is 0 Å². The van der Waals surface area contributed by atoms with Crippen LogP contribution in [0.5, 0.6) is 0 Å². The smallest absolute Gasteiger partial charge is 0.229 e. The molecule has 1 aliphatic rings. The lowest BCUT2D eigenvalue weighted by Gasteiger charge is -2.35. The van der Waals surface area contributed by atoms with Crippen LogP contribution in [0.15, 0.2) is 0 Å². The van der Waals surface area contributed by atoms with Gasteiger partial charge < -0.3 is 14.7 Å². The summed E-state index contributed by atoms with van der Waals surface area (Å²) in [5.74, 6) is -0.400. The summed E-state index contributed by atoms with van der Waals surface area (Å²) in [6.45, 7) is 2.69. The molecule has 0 aromatic heterocycles. The molecule has 0 aromatic carbocycles. The largest absolute Gasteiger partial charge is 0.388 e. The lowest BCUT2D eigenvalue weighted by Crippen LogP contribution is -2.47. The third-order valence-electron chi connectivity index (χ3n) is 2.78. The molecular weight excluding hydrogens is 210 g/mol. The zero-order valence-corrected chi connectivity index (χ0v) is 9.86. The zero-order valence-electron chi connectivity index (χ0n) is 9.86. The molecule has 16 heavy (non-hydrogen) atoms. The molecule has 1 fully saturated rings. The van der Waals surface area contributed by atoms with Gasteiger partial charge in [-0.25, -0.2) is 0 Å². The Hall–Kier alpha value is -0.940. The Balaban J connectivity index is 2.45. The van der Waals surface area contributed by atoms with E-state index in [-0.39, 0.29) is 24.7 Å². The number of carbonyl (C=O) groups is 2. The monoisotopic (exact) mass is 229 g/mol. The standard InChI is InChI=1S/C11H19NO4/c1-9(13)7-10(14)12(2)8-11(15)3-5-16-6-4-11/h15H,3-8H2,1-2H3. The second-order valence-electron chi connectivity index (χ2n) is 4.47. The van der Waals surface area contributed by atoms with E-state index in [1.165, 1.54) is 11.8 Å². The fourth-order valence-electron chi connectivity index (χ4n) is 1.79. The van der Waals surface area contributed by atoms with Crippen LogP contribution in [-0.2, 0) is 14.3 Å². The third kappa shape index (κ3) is 3.90. The van der Waals surface area contributed by atoms with Crippen LogP contribution in [0, 0.1) is 0 Å². The summed E-state index contributed by atoms with van der Waals surface area (Å²) >= 11 is 0. The first-order valence-electron chi connectivity index (χ1n) is 5.46. The summed E-state index contributed by atoms with van der Waals surface area (Å²) < 4.78 is 5.15. The minimum Gasteiger partial charge on any atom is -0.388 e. The number of hydrogen-bond acceptors (Lipinski definition) is 4. The number of likely N-dealkylation sites (N-methyl/N-ethyl adjacent to an activating group) is 1. The molecule has 0 aromatic rings. The van der Waals surface area contributed by atoms with Gasteiger partial charge in [-0.2, -0.15) is 0 Å². The maximum Gasteiger partial charge on any atom is 0.229 e. The van der Waals surface area contributed by atoms with Crippen molar-refractivity contribution in [2.75, 3.05) is 26.8 Å². The summed E-state index contributed by atoms with van der Waals surface area (Å²) in [4.78, 5) is 23.8. The maximum atomic E-state index is 11.5. The van der Waals surface area contributed by atoms with E-state index in [9.17, 15) is 14.7 Å². The number of aliphatic hydroxyl groups is 1. The number of nitrogens with zero attached hydrogens (tertiary/aromatic N) is 1. The second-order valence-corrected chi connectivity index (χ2v) is 4.47. The van der Waals surface area contributed by atoms with Crippen molar-refractivity contribution < 1.29 is 19.4 Å². The lowest BCUT2D eigenvalue weighted by molar-refractivity contribution is -0.139. The Morgan fingerprint density at radius 2 is 1.94 bits per heavy atom. The van der Waals surface area contributed by atoms with Crippen LogP contribution in [0.4, 0.5) is 0 Å². The molecule has 0 atom stereocenters. The normalized spacial score (nSPS) is 19.2. The van der Waals surface area contributed by atoms with Gasteiger partial charge in [0.25, 0.3) is 0 Å². The predicted molar refractivity (Wildman–Crippen MR) is 57.9 cm³/mol. The van der Waals surface area contributed by atoms with E-state index in [4.69, 9.17) is 4.74 Å². The second kappa shape index (κ2) is 5.41. The van der Waals surface area contributed by atoms with Crippen molar-refractivity contribution in [2.45, 2.75) is 31.8 Å². The fourth-order valence-corrected chi connectivity index (χ4v) is 1.79. The highest BCUT2D eigenvalue weighted by Crippen LogP contribution is 2.21. The first kappa shape index (κ1) is 13.1. The number of hydrogen-bond donors (Lipinski definition) is 1. The predicted octanol–water partition coefficient (Wildman–Crippen LogP) is -0.0346. The first-order valence-corrected chi connectivity index (χ1v) is 5.46. The SMILES string of the molecule is CC(=O)CC(=O)N(C)CC1(O)CCOCC1. The zero-order chi connectivity index (χ0) is 12.2. The molecule has 0 unspecified atom stereocenters. The topological polar surface area (TPSA) is 66.8 Å². The molecular formula is C11H19NO4. The third-order valence-corrected chi connectivity index (χ3v) is 2.78. The van der Waals surface area contributed by atoms with Crippen LogP contribution >= 0.6 is 0 Å². The Kier molecular flexibility index (Phi) is 4.44. The summed E-state index contributed by atoms with van der Waals surface area (Å²) in [7, 11) is 1.61. The Bertz CT molecular complexity index is 271. The van der Waals surface area contributed by atoms with Gasteiger partial charge in [0.15, 0.2) is 0 Å². The number of carbonyl (C=O) groups excluding carboxylic acids is 2. The molecule has 0 spiro atoms. The van der Waals surface area contributed by atoms with Crippen LogP contribution < -0.4 is 0 Å². The molecule has 1 amide bonds. The highest BCUT2D eigenvalue weighted by atomic mass is 16.5. The van der Waals surface area contributed by atoms with E-state index in [1.807, 2.05) is 0 Å². The molecule has 0 bridgehead atoms. The first-order chi connectivity index (χ1) is 7.43. The minimum atomic E-state index is -0.862. The van der Waals surface area contributed by atoms with Gasteiger partial charge in [0, 0.05) is 39.6 Å². The average molecular weight is 229 g/mol. The van der Waals surface area contributed by atoms with Gasteiger partial charge in [0.05, 0.1) is 12.0 Å². The molecule has 5 nitrogen and oxygen atoms in total. The molecule has 1 heterocycles. The average Bonchev–Trinajstić information content (AvgIpc) is 2.16. The van der Waals surface area contributed by atoms with Gasteiger partial charge in [-0.05, 0) is 6.92 Å². The van der Waals surface area contributed by atoms with Gasteiger partial charge in [0.1, 0.15) is 5.78 Å². The van der Waals surface area contributed by atoms with Crippen molar-refractivity contribution in [1.29, 1.82) is 0 Å². The lowest BCUT2D eigenvalue weighted by atomic mass is 9.94. The van der Waals surface area contributed by atoms with Crippen molar-refractivity contribution in [3.8, 4) is 0 Å². The van der Waals surface area contributed by atoms with E-state index in [0.29, 0.717) is 26.1 Å². The van der Waals surface area contributed by atoms with E-state index < -0.39 is 5.60 Å². The maximum absolute atomic E-state index is 11.5. The quantitative estimate of drug-likeness (QED) is 0.687. The van der Waals surface area contributed by atoms with Crippen LogP contribution in [0.3, 0.4) is 0 Å². The van der Waals surface area contributed by atoms with Crippen molar-refractivity contribution >= 4 is 11.7 Å². The highest BCUT2D eigenvalue weighted by Gasteiger charge is 2.32. The minimum absolute atomic E-state index is 0.0942. The van der Waals surface area contributed by atoms with Crippen LogP contribution in [0.1, 0.15) is 26.2 Å². The van der Waals surface area contributed by atoms with Gasteiger partial charge in [-0.1, -0.05) is 0 Å². The summed E-state index contributed by atoms with van der Waals surface area (Å²) in [5.41, 5.74) is -0.862. The van der Waals surface area contributed by atoms with E-state index in [1.54, 1.807) is 7.05 Å². The highest BCUT2D eigenvalue weighted by molar-refractivity contribution is 5.96. The van der Waals surface area contributed by atoms with Gasteiger partial charge >= 0.3 is 0 Å². The Morgan fingerprint density at radius 3 is 2.44 bits per heavy atom. The fraction of sp³-hybridized carbons (Fsp3) is 0.818. The molecule has 1 rings (SSSR count). The molecule has 1 N–H and O–H groups in total. The molecule has 0 aliphatic carbocycles.